The first kappa shape index (κ1) is 12.7. The summed E-state index contributed by atoms with van der Waals surface area (Å²) in [4.78, 5) is 11.4. The number of hydrogen-bond acceptors (Lipinski definition) is 2. The molecule has 1 unspecified atom stereocenters. The number of primary amides is 1. The van der Waals surface area contributed by atoms with Crippen molar-refractivity contribution >= 4 is 29.1 Å². The van der Waals surface area contributed by atoms with Crippen molar-refractivity contribution in [2.24, 2.45) is 11.7 Å². The molecule has 0 aliphatic heterocycles. The lowest BCUT2D eigenvalue weighted by atomic mass is 10.1. The summed E-state index contributed by atoms with van der Waals surface area (Å²) in [6, 6.07) is 4.63. The van der Waals surface area contributed by atoms with E-state index in [1.54, 1.807) is 18.2 Å². The number of amides is 1. The minimum absolute atomic E-state index is 0.399. The molecule has 3 N–H and O–H groups in total. The van der Waals surface area contributed by atoms with Crippen LogP contribution in [0.15, 0.2) is 18.2 Å². The highest BCUT2D eigenvalue weighted by molar-refractivity contribution is 6.42. The van der Waals surface area contributed by atoms with E-state index in [4.69, 9.17) is 28.9 Å². The van der Waals surface area contributed by atoms with Crippen LogP contribution in [0.1, 0.15) is 24.4 Å². The molecule has 0 bridgehead atoms. The van der Waals surface area contributed by atoms with Gasteiger partial charge in [-0.05, 0) is 43.0 Å². The Morgan fingerprint density at radius 2 is 2.12 bits per heavy atom. The first-order chi connectivity index (χ1) is 8.08. The molecule has 0 saturated heterocycles. The summed E-state index contributed by atoms with van der Waals surface area (Å²) in [6.07, 6.45) is 2.44. The molecule has 92 valence electrons. The molecular weight excluding hydrogens is 259 g/mol. The Kier molecular flexibility index (Phi) is 3.92. The lowest BCUT2D eigenvalue weighted by molar-refractivity contribution is -0.120. The van der Waals surface area contributed by atoms with E-state index in [9.17, 15) is 4.79 Å². The van der Waals surface area contributed by atoms with Crippen LogP contribution >= 0.6 is 23.2 Å². The average Bonchev–Trinajstić information content (AvgIpc) is 3.07. The molecule has 0 aromatic heterocycles. The van der Waals surface area contributed by atoms with E-state index in [-0.39, 0.29) is 0 Å². The first-order valence-corrected chi connectivity index (χ1v) is 6.31. The van der Waals surface area contributed by atoms with Gasteiger partial charge in [0.05, 0.1) is 10.0 Å². The molecule has 17 heavy (non-hydrogen) atoms. The molecule has 5 heteroatoms. The largest absolute Gasteiger partial charge is 0.368 e. The van der Waals surface area contributed by atoms with Gasteiger partial charge in [-0.25, -0.2) is 0 Å². The van der Waals surface area contributed by atoms with Crippen LogP contribution in [-0.2, 0) is 4.79 Å². The molecule has 1 aromatic carbocycles. The summed E-state index contributed by atoms with van der Waals surface area (Å²) >= 11 is 11.8. The Labute approximate surface area is 110 Å². The minimum atomic E-state index is -0.495. The molecule has 1 aliphatic carbocycles. The van der Waals surface area contributed by atoms with E-state index in [2.05, 4.69) is 5.32 Å². The second-order valence-corrected chi connectivity index (χ2v) is 5.17. The summed E-state index contributed by atoms with van der Waals surface area (Å²) in [5, 5.41) is 4.07. The van der Waals surface area contributed by atoms with Crippen LogP contribution in [0.3, 0.4) is 0 Å². The number of nitrogens with one attached hydrogen (secondary N) is 1. The molecule has 1 saturated carbocycles. The molecule has 1 atom stereocenters. The highest BCUT2D eigenvalue weighted by Gasteiger charge is 2.25. The third-order valence-electron chi connectivity index (χ3n) is 2.87. The first-order valence-electron chi connectivity index (χ1n) is 5.55. The van der Waals surface area contributed by atoms with Gasteiger partial charge in [-0.1, -0.05) is 29.3 Å². The van der Waals surface area contributed by atoms with Crippen LogP contribution in [0.2, 0.25) is 10.0 Å². The van der Waals surface area contributed by atoms with Crippen molar-refractivity contribution in [3.05, 3.63) is 33.8 Å². The third-order valence-corrected chi connectivity index (χ3v) is 3.61. The minimum Gasteiger partial charge on any atom is -0.368 e. The Hall–Kier alpha value is -0.770. The van der Waals surface area contributed by atoms with Gasteiger partial charge in [-0.2, -0.15) is 0 Å². The van der Waals surface area contributed by atoms with Gasteiger partial charge in [-0.15, -0.1) is 0 Å². The van der Waals surface area contributed by atoms with Crippen molar-refractivity contribution < 1.29 is 4.79 Å². The summed E-state index contributed by atoms with van der Waals surface area (Å²) in [5.74, 6) is 0.281. The fraction of sp³-hybridized carbons (Fsp3) is 0.417. The van der Waals surface area contributed by atoms with Crippen molar-refractivity contribution in [3.8, 4) is 0 Å². The van der Waals surface area contributed by atoms with Crippen molar-refractivity contribution in [2.75, 3.05) is 6.54 Å². The van der Waals surface area contributed by atoms with E-state index in [1.807, 2.05) is 0 Å². The number of nitrogens with two attached hydrogens (primary N) is 1. The molecule has 0 spiro atoms. The van der Waals surface area contributed by atoms with Gasteiger partial charge in [-0.3, -0.25) is 4.79 Å². The summed E-state index contributed by atoms with van der Waals surface area (Å²) in [5.41, 5.74) is 6.14. The van der Waals surface area contributed by atoms with Gasteiger partial charge in [0.25, 0.3) is 0 Å². The number of hydrogen-bond donors (Lipinski definition) is 2. The van der Waals surface area contributed by atoms with Gasteiger partial charge in [0, 0.05) is 0 Å². The van der Waals surface area contributed by atoms with Crippen molar-refractivity contribution in [1.29, 1.82) is 0 Å². The number of carbonyl (C=O) groups excluding carboxylic acids is 1. The fourth-order valence-electron chi connectivity index (χ4n) is 1.68. The van der Waals surface area contributed by atoms with Gasteiger partial charge in [0.1, 0.15) is 6.04 Å². The topological polar surface area (TPSA) is 55.1 Å². The zero-order chi connectivity index (χ0) is 12.4. The van der Waals surface area contributed by atoms with Crippen molar-refractivity contribution in [2.45, 2.75) is 18.9 Å². The number of rotatable bonds is 5. The quantitative estimate of drug-likeness (QED) is 0.866. The number of benzene rings is 1. The summed E-state index contributed by atoms with van der Waals surface area (Å²) in [6.45, 7) is 0.813. The van der Waals surface area contributed by atoms with Gasteiger partial charge in [0.2, 0.25) is 5.91 Å². The molecule has 0 radical (unpaired) electrons. The van der Waals surface area contributed by atoms with Crippen LogP contribution in [0.25, 0.3) is 0 Å². The number of halogens is 2. The van der Waals surface area contributed by atoms with Crippen molar-refractivity contribution in [3.63, 3.8) is 0 Å². The Morgan fingerprint density at radius 3 is 2.65 bits per heavy atom. The second-order valence-electron chi connectivity index (χ2n) is 4.36. The lowest BCUT2D eigenvalue weighted by Gasteiger charge is -2.16. The highest BCUT2D eigenvalue weighted by Crippen LogP contribution is 2.29. The van der Waals surface area contributed by atoms with E-state index < -0.39 is 11.9 Å². The molecule has 2 rings (SSSR count). The lowest BCUT2D eigenvalue weighted by Crippen LogP contribution is -2.34. The van der Waals surface area contributed by atoms with Crippen LogP contribution in [0, 0.1) is 5.92 Å². The zero-order valence-electron chi connectivity index (χ0n) is 9.25. The maximum absolute atomic E-state index is 11.4. The third kappa shape index (κ3) is 3.35. The molecule has 3 nitrogen and oxygen atoms in total. The molecule has 1 aromatic rings. The van der Waals surface area contributed by atoms with Crippen molar-refractivity contribution in [1.82, 2.24) is 5.32 Å². The van der Waals surface area contributed by atoms with Crippen LogP contribution in [-0.4, -0.2) is 12.5 Å². The van der Waals surface area contributed by atoms with Crippen LogP contribution in [0.5, 0.6) is 0 Å². The maximum Gasteiger partial charge on any atom is 0.239 e. The molecule has 1 aliphatic rings. The predicted molar refractivity (Wildman–Crippen MR) is 69.1 cm³/mol. The summed E-state index contributed by atoms with van der Waals surface area (Å²) in [7, 11) is 0. The average molecular weight is 273 g/mol. The van der Waals surface area contributed by atoms with Crippen LogP contribution in [0.4, 0.5) is 0 Å². The standard InChI is InChI=1S/C12H14Cl2N2O/c13-9-4-3-8(5-10(9)14)11(12(15)17)16-6-7-1-2-7/h3-5,7,11,16H,1-2,6H2,(H2,15,17). The van der Waals surface area contributed by atoms with E-state index in [1.165, 1.54) is 12.8 Å². The number of carbonyl (C=O) groups is 1. The van der Waals surface area contributed by atoms with E-state index in [0.29, 0.717) is 16.0 Å². The Balaban J connectivity index is 2.12. The molecular formula is C12H14Cl2N2O. The normalized spacial score (nSPS) is 16.8. The van der Waals surface area contributed by atoms with Gasteiger partial charge >= 0.3 is 0 Å². The monoisotopic (exact) mass is 272 g/mol. The smallest absolute Gasteiger partial charge is 0.239 e. The van der Waals surface area contributed by atoms with Gasteiger partial charge in [0.15, 0.2) is 0 Å². The predicted octanol–water partition coefficient (Wildman–Crippen LogP) is 2.52. The summed E-state index contributed by atoms with van der Waals surface area (Å²) < 4.78 is 0. The van der Waals surface area contributed by atoms with Crippen LogP contribution < -0.4 is 11.1 Å². The van der Waals surface area contributed by atoms with E-state index >= 15 is 0 Å². The zero-order valence-corrected chi connectivity index (χ0v) is 10.8. The van der Waals surface area contributed by atoms with E-state index in [0.717, 1.165) is 12.1 Å². The Bertz CT molecular complexity index is 433. The van der Waals surface area contributed by atoms with Gasteiger partial charge < -0.3 is 11.1 Å². The second kappa shape index (κ2) is 5.25. The SMILES string of the molecule is NC(=O)C(NCC1CC1)c1ccc(Cl)c(Cl)c1. The molecule has 0 heterocycles. The maximum atomic E-state index is 11.4. The molecule has 1 fully saturated rings. The Morgan fingerprint density at radius 1 is 1.41 bits per heavy atom. The molecule has 1 amide bonds. The fourth-order valence-corrected chi connectivity index (χ4v) is 1.99. The highest BCUT2D eigenvalue weighted by atomic mass is 35.5.